The zero-order valence-corrected chi connectivity index (χ0v) is 21.9. The lowest BCUT2D eigenvalue weighted by Crippen LogP contribution is -2.46. The topological polar surface area (TPSA) is 244 Å². The van der Waals surface area contributed by atoms with Gasteiger partial charge in [0, 0.05) is 26.7 Å². The number of aliphatic hydroxyl groups is 1. The van der Waals surface area contributed by atoms with Crippen LogP contribution >= 0.6 is 34.6 Å². The van der Waals surface area contributed by atoms with Crippen molar-refractivity contribution in [2.45, 2.75) is 39.1 Å². The number of rotatable bonds is 11. The first-order chi connectivity index (χ1) is 15.4. The van der Waals surface area contributed by atoms with E-state index in [2.05, 4.69) is 23.3 Å². The smallest absolute Gasteiger partial charge is 0.278 e. The lowest BCUT2D eigenvalue weighted by Gasteiger charge is -2.32. The first-order valence-corrected chi connectivity index (χ1v) is 14.6. The molecule has 2 heterocycles. The molecule has 4 atom stereocenters. The van der Waals surface area contributed by atoms with Crippen molar-refractivity contribution in [2.24, 2.45) is 0 Å². The second-order valence-corrected chi connectivity index (χ2v) is 13.2. The van der Waals surface area contributed by atoms with Gasteiger partial charge in [0.05, 0.1) is 17.0 Å². The van der Waals surface area contributed by atoms with Crippen molar-refractivity contribution in [3.05, 3.63) is 33.2 Å². The van der Waals surface area contributed by atoms with Gasteiger partial charge in [-0.3, -0.25) is 9.13 Å². The Hall–Kier alpha value is -1.12. The molecule has 15 nitrogen and oxygen atoms in total. The SMILES string of the molecule is COP(=O)([O-])[C@@](C)(O)c1sc(CCOP(=O)([O-])OP(=O)([O-])O)c(C)[n+]1Cc1cnc(C)nc1N. The summed E-state index contributed by atoms with van der Waals surface area (Å²) in [5.74, 6) is 0.546. The summed E-state index contributed by atoms with van der Waals surface area (Å²) in [6.07, 6.45) is 1.28. The van der Waals surface area contributed by atoms with E-state index in [1.54, 1.807) is 13.8 Å². The third kappa shape index (κ3) is 6.97. The van der Waals surface area contributed by atoms with Gasteiger partial charge in [0.15, 0.2) is 19.8 Å². The number of nitrogens with zero attached hydrogens (tertiary/aromatic N) is 3. The van der Waals surface area contributed by atoms with Crippen molar-refractivity contribution < 1.29 is 56.3 Å². The molecule has 0 bridgehead atoms. The van der Waals surface area contributed by atoms with E-state index in [9.17, 15) is 33.5 Å². The second-order valence-electron chi connectivity index (χ2n) is 7.11. The monoisotopic (exact) mass is 560 g/mol. The predicted molar refractivity (Wildman–Crippen MR) is 112 cm³/mol. The van der Waals surface area contributed by atoms with E-state index in [1.165, 1.54) is 10.8 Å². The molecular formula is C15H23N4O11P3S-2. The van der Waals surface area contributed by atoms with Gasteiger partial charge in [0.2, 0.25) is 5.34 Å². The van der Waals surface area contributed by atoms with Gasteiger partial charge in [-0.15, -0.1) is 0 Å². The molecule has 2 aromatic rings. The normalized spacial score (nSPS) is 19.1. The number of thiazole rings is 1. The largest absolute Gasteiger partial charge is 0.776 e. The summed E-state index contributed by atoms with van der Waals surface area (Å²) in [6.45, 7) is 3.57. The molecule has 0 saturated heterocycles. The van der Waals surface area contributed by atoms with Crippen molar-refractivity contribution in [2.75, 3.05) is 19.5 Å². The standard InChI is InChI=1S/C15H25N4O11P3S/c1-9-12(5-6-29-33(26,27)30-32(23,24)25)34-14(15(3,20)31(21,22)28-4)19(9)8-11-7-17-10(2)18-13(11)16/h7,20H,5-6,8H2,1-4H3,(H5-,16,17,18,21,22,23,24,25,26,27)/p-2/t15-/m1/s1. The molecule has 2 aromatic heterocycles. The molecule has 3 unspecified atom stereocenters. The lowest BCUT2D eigenvalue weighted by molar-refractivity contribution is -0.701. The van der Waals surface area contributed by atoms with Crippen LogP contribution in [-0.2, 0) is 45.4 Å². The Balaban J connectivity index is 2.45. The molecule has 0 fully saturated rings. The molecule has 0 radical (unpaired) electrons. The van der Waals surface area contributed by atoms with Crippen molar-refractivity contribution in [3.8, 4) is 0 Å². The fourth-order valence-corrected chi connectivity index (χ4v) is 6.70. The average molecular weight is 560 g/mol. The minimum absolute atomic E-state index is 0.0441. The average Bonchev–Trinajstić information content (AvgIpc) is 2.98. The number of phosphoric acid groups is 2. The quantitative estimate of drug-likeness (QED) is 0.219. The van der Waals surface area contributed by atoms with Gasteiger partial charge in [-0.25, -0.2) is 14.3 Å². The molecule has 0 aliphatic rings. The Bertz CT molecular complexity index is 1200. The summed E-state index contributed by atoms with van der Waals surface area (Å²) in [5, 5.41) is 8.32. The molecule has 19 heteroatoms. The van der Waals surface area contributed by atoms with E-state index in [1.807, 2.05) is 0 Å². The van der Waals surface area contributed by atoms with Crippen LogP contribution in [0.25, 0.3) is 0 Å². The number of aromatic nitrogens is 3. The second kappa shape index (κ2) is 10.5. The number of hydrogen-bond acceptors (Lipinski definition) is 14. The first kappa shape index (κ1) is 29.1. The van der Waals surface area contributed by atoms with E-state index >= 15 is 0 Å². The van der Waals surface area contributed by atoms with Crippen LogP contribution in [0.15, 0.2) is 6.20 Å². The lowest BCUT2D eigenvalue weighted by atomic mass is 10.2. The number of aryl methyl sites for hydroxylation is 1. The van der Waals surface area contributed by atoms with Crippen molar-refractivity contribution in [3.63, 3.8) is 0 Å². The fourth-order valence-electron chi connectivity index (χ4n) is 2.82. The van der Waals surface area contributed by atoms with Crippen LogP contribution < -0.4 is 25.0 Å². The zero-order valence-electron chi connectivity index (χ0n) is 18.4. The summed E-state index contributed by atoms with van der Waals surface area (Å²) in [5.41, 5.74) is 6.78. The highest BCUT2D eigenvalue weighted by atomic mass is 32.1. The van der Waals surface area contributed by atoms with Crippen LogP contribution in [0.4, 0.5) is 5.82 Å². The van der Waals surface area contributed by atoms with Crippen molar-refractivity contribution >= 4 is 40.4 Å². The Morgan fingerprint density at radius 2 is 1.88 bits per heavy atom. The molecule has 0 aromatic carbocycles. The third-order valence-corrected chi connectivity index (χ3v) is 10.2. The Kier molecular flexibility index (Phi) is 8.97. The molecule has 0 aliphatic heterocycles. The van der Waals surface area contributed by atoms with Gasteiger partial charge in [0.25, 0.3) is 20.7 Å². The van der Waals surface area contributed by atoms with Gasteiger partial charge in [-0.1, -0.05) is 11.3 Å². The first-order valence-electron chi connectivity index (χ1n) is 9.31. The van der Waals surface area contributed by atoms with Crippen LogP contribution in [-0.4, -0.2) is 33.7 Å². The minimum atomic E-state index is -5.59. The van der Waals surface area contributed by atoms with Crippen LogP contribution in [0, 0.1) is 13.8 Å². The number of hydrogen-bond donors (Lipinski definition) is 3. The highest BCUT2D eigenvalue weighted by Gasteiger charge is 2.46. The van der Waals surface area contributed by atoms with Gasteiger partial charge >= 0.3 is 0 Å². The van der Waals surface area contributed by atoms with Crippen LogP contribution in [0.1, 0.15) is 33.9 Å². The summed E-state index contributed by atoms with van der Waals surface area (Å²) in [6, 6.07) is 0. The molecule has 34 heavy (non-hydrogen) atoms. The Morgan fingerprint density at radius 1 is 1.26 bits per heavy atom. The summed E-state index contributed by atoms with van der Waals surface area (Å²) >= 11 is 0.828. The maximum Gasteiger partial charge on any atom is 0.278 e. The molecular weight excluding hydrogens is 537 g/mol. The van der Waals surface area contributed by atoms with Gasteiger partial charge in [-0.05, 0) is 13.8 Å². The van der Waals surface area contributed by atoms with Crippen LogP contribution in [0.3, 0.4) is 0 Å². The predicted octanol–water partition coefficient (Wildman–Crippen LogP) is -1.06. The number of nitrogens with two attached hydrogens (primary N) is 1. The number of anilines is 1. The zero-order chi connectivity index (χ0) is 26.1. The van der Waals surface area contributed by atoms with Crippen molar-refractivity contribution in [1.29, 1.82) is 0 Å². The fraction of sp³-hybridized carbons (Fsp3) is 0.533. The van der Waals surface area contributed by atoms with E-state index in [4.69, 9.17) is 10.6 Å². The van der Waals surface area contributed by atoms with Gasteiger partial charge in [0.1, 0.15) is 11.6 Å². The van der Waals surface area contributed by atoms with Crippen LogP contribution in [0.5, 0.6) is 0 Å². The summed E-state index contributed by atoms with van der Waals surface area (Å²) in [4.78, 5) is 51.6. The minimum Gasteiger partial charge on any atom is -0.776 e. The van der Waals surface area contributed by atoms with Gasteiger partial charge in [-0.2, -0.15) is 4.57 Å². The third-order valence-electron chi connectivity index (χ3n) is 4.58. The summed E-state index contributed by atoms with van der Waals surface area (Å²) in [7, 11) is -14.9. The number of phosphoric ester groups is 1. The molecule has 4 N–H and O–H groups in total. The molecule has 2 rings (SSSR count). The maximum absolute atomic E-state index is 12.4. The van der Waals surface area contributed by atoms with Crippen molar-refractivity contribution in [1.82, 2.24) is 9.97 Å². The molecule has 0 spiro atoms. The molecule has 0 amide bonds. The maximum atomic E-state index is 12.4. The Labute approximate surface area is 198 Å². The van der Waals surface area contributed by atoms with E-state index in [-0.39, 0.29) is 23.8 Å². The van der Waals surface area contributed by atoms with Crippen LogP contribution in [0.2, 0.25) is 0 Å². The van der Waals surface area contributed by atoms with E-state index < -0.39 is 35.2 Å². The summed E-state index contributed by atoms with van der Waals surface area (Å²) < 4.78 is 48.5. The molecule has 0 aliphatic carbocycles. The Morgan fingerprint density at radius 3 is 2.41 bits per heavy atom. The highest BCUT2D eigenvalue weighted by molar-refractivity contribution is 7.59. The van der Waals surface area contributed by atoms with Gasteiger partial charge < -0.3 is 44.0 Å². The van der Waals surface area contributed by atoms with E-state index in [0.29, 0.717) is 22.0 Å². The number of nitrogen functional groups attached to an aromatic ring is 1. The molecule has 192 valence electrons. The molecule has 0 saturated carbocycles. The van der Waals surface area contributed by atoms with E-state index in [0.717, 1.165) is 25.4 Å². The highest BCUT2D eigenvalue weighted by Crippen LogP contribution is 2.56.